The summed E-state index contributed by atoms with van der Waals surface area (Å²) in [6.07, 6.45) is 7.96. The standard InChI is InChI=1S/C23H26N4O2S2/c1-30-23-25-12-15-27(23)19-6-4-18(5-7-19)22(29)26-13-9-17(10-14-26)21(28)24-11-8-20-3-2-16-31-20/h2-7,12,15-17H,8-11,13-14H2,1H3,(H,24,28). The van der Waals surface area contributed by atoms with E-state index in [9.17, 15) is 9.59 Å². The van der Waals surface area contributed by atoms with Gasteiger partial charge in [0.1, 0.15) is 0 Å². The molecule has 3 heterocycles. The predicted molar refractivity (Wildman–Crippen MR) is 125 cm³/mol. The Morgan fingerprint density at radius 2 is 1.97 bits per heavy atom. The maximum atomic E-state index is 12.9. The Labute approximate surface area is 190 Å². The minimum absolute atomic E-state index is 0.0130. The van der Waals surface area contributed by atoms with Crippen LogP contribution in [0.15, 0.2) is 59.3 Å². The number of carbonyl (C=O) groups is 2. The summed E-state index contributed by atoms with van der Waals surface area (Å²) in [5, 5.41) is 6.01. The first kappa shape index (κ1) is 21.6. The molecule has 0 aliphatic carbocycles. The molecular formula is C23H26N4O2S2. The number of nitrogens with zero attached hydrogens (tertiary/aromatic N) is 3. The topological polar surface area (TPSA) is 67.2 Å². The van der Waals surface area contributed by atoms with Crippen LogP contribution in [-0.2, 0) is 11.2 Å². The number of aromatic nitrogens is 2. The zero-order valence-corrected chi connectivity index (χ0v) is 19.1. The summed E-state index contributed by atoms with van der Waals surface area (Å²) < 4.78 is 2.00. The van der Waals surface area contributed by atoms with Gasteiger partial charge in [0.25, 0.3) is 5.91 Å². The van der Waals surface area contributed by atoms with Crippen molar-refractivity contribution >= 4 is 34.9 Å². The Hall–Kier alpha value is -2.58. The summed E-state index contributed by atoms with van der Waals surface area (Å²) >= 11 is 3.29. The molecule has 0 unspecified atom stereocenters. The van der Waals surface area contributed by atoms with Gasteiger partial charge in [0.2, 0.25) is 5.91 Å². The molecule has 1 saturated heterocycles. The first-order valence-corrected chi connectivity index (χ1v) is 12.5. The van der Waals surface area contributed by atoms with Crippen molar-refractivity contribution in [3.63, 3.8) is 0 Å². The van der Waals surface area contributed by atoms with Gasteiger partial charge in [-0.15, -0.1) is 11.3 Å². The highest BCUT2D eigenvalue weighted by atomic mass is 32.2. The number of likely N-dealkylation sites (tertiary alicyclic amines) is 1. The van der Waals surface area contributed by atoms with E-state index in [1.807, 2.05) is 52.3 Å². The number of thioether (sulfide) groups is 1. The first-order valence-electron chi connectivity index (χ1n) is 10.4. The van der Waals surface area contributed by atoms with Gasteiger partial charge in [-0.25, -0.2) is 4.98 Å². The fraction of sp³-hybridized carbons (Fsp3) is 0.348. The average molecular weight is 455 g/mol. The number of benzene rings is 1. The quantitative estimate of drug-likeness (QED) is 0.551. The number of nitrogens with one attached hydrogen (secondary N) is 1. The summed E-state index contributed by atoms with van der Waals surface area (Å²) in [6, 6.07) is 11.7. The molecule has 0 bridgehead atoms. The number of amides is 2. The number of hydrogen-bond acceptors (Lipinski definition) is 5. The van der Waals surface area contributed by atoms with Gasteiger partial charge in [0.15, 0.2) is 5.16 Å². The molecule has 0 spiro atoms. The summed E-state index contributed by atoms with van der Waals surface area (Å²) in [4.78, 5) is 32.8. The van der Waals surface area contributed by atoms with Crippen molar-refractivity contribution < 1.29 is 9.59 Å². The predicted octanol–water partition coefficient (Wildman–Crippen LogP) is 3.87. The van der Waals surface area contributed by atoms with Crippen molar-refractivity contribution in [1.29, 1.82) is 0 Å². The van der Waals surface area contributed by atoms with E-state index in [4.69, 9.17) is 0 Å². The normalized spacial score (nSPS) is 14.5. The van der Waals surface area contributed by atoms with Crippen molar-refractivity contribution in [2.24, 2.45) is 5.92 Å². The fourth-order valence-electron chi connectivity index (χ4n) is 3.84. The largest absolute Gasteiger partial charge is 0.355 e. The molecule has 0 saturated carbocycles. The van der Waals surface area contributed by atoms with Crippen LogP contribution in [0.2, 0.25) is 0 Å². The molecule has 2 aromatic heterocycles. The maximum Gasteiger partial charge on any atom is 0.253 e. The molecule has 6 nitrogen and oxygen atoms in total. The van der Waals surface area contributed by atoms with E-state index in [1.165, 1.54) is 4.88 Å². The van der Waals surface area contributed by atoms with Crippen molar-refractivity contribution in [3.8, 4) is 5.69 Å². The van der Waals surface area contributed by atoms with Gasteiger partial charge in [-0.05, 0) is 61.2 Å². The smallest absolute Gasteiger partial charge is 0.253 e. The van der Waals surface area contributed by atoms with Crippen LogP contribution < -0.4 is 5.32 Å². The number of piperidine rings is 1. The number of hydrogen-bond donors (Lipinski definition) is 1. The SMILES string of the molecule is CSc1nccn1-c1ccc(C(=O)N2CCC(C(=O)NCCc3cccs3)CC2)cc1. The molecule has 4 rings (SSSR count). The second kappa shape index (κ2) is 10.2. The van der Waals surface area contributed by atoms with Gasteiger partial charge in [-0.3, -0.25) is 14.2 Å². The van der Waals surface area contributed by atoms with E-state index < -0.39 is 0 Å². The van der Waals surface area contributed by atoms with E-state index in [-0.39, 0.29) is 17.7 Å². The molecule has 2 amide bonds. The lowest BCUT2D eigenvalue weighted by Gasteiger charge is -2.31. The average Bonchev–Trinajstić information content (AvgIpc) is 3.51. The van der Waals surface area contributed by atoms with Gasteiger partial charge in [-0.1, -0.05) is 17.8 Å². The van der Waals surface area contributed by atoms with Crippen molar-refractivity contribution in [2.45, 2.75) is 24.4 Å². The molecule has 1 aliphatic rings. The highest BCUT2D eigenvalue weighted by molar-refractivity contribution is 7.98. The van der Waals surface area contributed by atoms with Crippen LogP contribution in [0, 0.1) is 5.92 Å². The summed E-state index contributed by atoms with van der Waals surface area (Å²) in [5.74, 6) is 0.123. The minimum Gasteiger partial charge on any atom is -0.355 e. The second-order valence-corrected chi connectivity index (χ2v) is 9.32. The highest BCUT2D eigenvalue weighted by Crippen LogP contribution is 2.22. The fourth-order valence-corrected chi connectivity index (χ4v) is 5.08. The van der Waals surface area contributed by atoms with E-state index in [2.05, 4.69) is 21.7 Å². The van der Waals surface area contributed by atoms with Crippen molar-refractivity contribution in [1.82, 2.24) is 19.8 Å². The number of rotatable bonds is 7. The van der Waals surface area contributed by atoms with Crippen LogP contribution in [0.1, 0.15) is 28.1 Å². The number of thiophene rings is 1. The van der Waals surface area contributed by atoms with Gasteiger partial charge >= 0.3 is 0 Å². The van der Waals surface area contributed by atoms with Crippen molar-refractivity contribution in [2.75, 3.05) is 25.9 Å². The number of imidazole rings is 1. The lowest BCUT2D eigenvalue weighted by molar-refractivity contribution is -0.126. The molecule has 1 fully saturated rings. The monoisotopic (exact) mass is 454 g/mol. The highest BCUT2D eigenvalue weighted by Gasteiger charge is 2.27. The Morgan fingerprint density at radius 1 is 1.19 bits per heavy atom. The molecular weight excluding hydrogens is 428 g/mol. The lowest BCUT2D eigenvalue weighted by Crippen LogP contribution is -2.43. The third kappa shape index (κ3) is 5.19. The van der Waals surface area contributed by atoms with E-state index in [0.717, 1.165) is 17.3 Å². The van der Waals surface area contributed by atoms with E-state index >= 15 is 0 Å². The molecule has 162 valence electrons. The Balaban J connectivity index is 1.27. The third-order valence-electron chi connectivity index (χ3n) is 5.59. The van der Waals surface area contributed by atoms with Crippen LogP contribution in [0.3, 0.4) is 0 Å². The molecule has 0 radical (unpaired) electrons. The van der Waals surface area contributed by atoms with Crippen molar-refractivity contribution in [3.05, 3.63) is 64.6 Å². The van der Waals surface area contributed by atoms with Crippen LogP contribution in [-0.4, -0.2) is 52.2 Å². The molecule has 1 aliphatic heterocycles. The van der Waals surface area contributed by atoms with Crippen LogP contribution in [0.5, 0.6) is 0 Å². The van der Waals surface area contributed by atoms with E-state index in [0.29, 0.717) is 38.0 Å². The lowest BCUT2D eigenvalue weighted by atomic mass is 9.95. The molecule has 3 aromatic rings. The zero-order valence-electron chi connectivity index (χ0n) is 17.5. The van der Waals surface area contributed by atoms with Gasteiger partial charge < -0.3 is 10.2 Å². The molecule has 1 aromatic carbocycles. The Bertz CT molecular complexity index is 1010. The second-order valence-electron chi connectivity index (χ2n) is 7.52. The van der Waals surface area contributed by atoms with Crippen LogP contribution >= 0.6 is 23.1 Å². The van der Waals surface area contributed by atoms with Gasteiger partial charge in [0.05, 0.1) is 0 Å². The number of carbonyl (C=O) groups excluding carboxylic acids is 2. The maximum absolute atomic E-state index is 12.9. The zero-order chi connectivity index (χ0) is 21.6. The van der Waals surface area contributed by atoms with Crippen LogP contribution in [0.25, 0.3) is 5.69 Å². The first-order chi connectivity index (χ1) is 15.2. The Morgan fingerprint density at radius 3 is 2.65 bits per heavy atom. The van der Waals surface area contributed by atoms with E-state index in [1.54, 1.807) is 29.3 Å². The van der Waals surface area contributed by atoms with Crippen LogP contribution in [0.4, 0.5) is 0 Å². The molecule has 8 heteroatoms. The molecule has 0 atom stereocenters. The summed E-state index contributed by atoms with van der Waals surface area (Å²) in [6.45, 7) is 1.89. The minimum atomic E-state index is -0.0130. The van der Waals surface area contributed by atoms with Gasteiger partial charge in [-0.2, -0.15) is 0 Å². The summed E-state index contributed by atoms with van der Waals surface area (Å²) in [5.41, 5.74) is 1.66. The van der Waals surface area contributed by atoms with Gasteiger partial charge in [0, 0.05) is 54.1 Å². The summed E-state index contributed by atoms with van der Waals surface area (Å²) in [7, 11) is 0. The molecule has 31 heavy (non-hydrogen) atoms. The Kier molecular flexibility index (Phi) is 7.09. The third-order valence-corrected chi connectivity index (χ3v) is 7.19. The molecule has 1 N–H and O–H groups in total.